The normalized spacial score (nSPS) is 17.6. The van der Waals surface area contributed by atoms with Crippen molar-refractivity contribution in [3.05, 3.63) is 29.8 Å². The molecule has 1 fully saturated rings. The number of benzene rings is 1. The third-order valence-electron chi connectivity index (χ3n) is 3.78. The lowest BCUT2D eigenvalue weighted by Gasteiger charge is -2.14. The first-order valence-corrected chi connectivity index (χ1v) is 7.25. The van der Waals surface area contributed by atoms with Crippen molar-refractivity contribution in [1.82, 2.24) is 4.98 Å². The van der Waals surface area contributed by atoms with Gasteiger partial charge in [0.1, 0.15) is 17.1 Å². The number of aromatic nitrogens is 1. The second kappa shape index (κ2) is 6.19. The fourth-order valence-corrected chi connectivity index (χ4v) is 2.59. The van der Waals surface area contributed by atoms with Gasteiger partial charge in [0.05, 0.1) is 18.7 Å². The van der Waals surface area contributed by atoms with Crippen LogP contribution in [0.5, 0.6) is 5.75 Å². The number of carboxylic acids is 1. The maximum absolute atomic E-state index is 11.4. The molecule has 22 heavy (non-hydrogen) atoms. The number of rotatable bonds is 5. The van der Waals surface area contributed by atoms with E-state index in [4.69, 9.17) is 9.47 Å². The highest BCUT2D eigenvalue weighted by atomic mass is 16.5. The second-order valence-electron chi connectivity index (χ2n) is 5.26. The number of carbonyl (C=O) groups is 1. The summed E-state index contributed by atoms with van der Waals surface area (Å²) < 4.78 is 10.7. The minimum Gasteiger partial charge on any atom is -0.497 e. The van der Waals surface area contributed by atoms with Gasteiger partial charge in [0.2, 0.25) is 0 Å². The van der Waals surface area contributed by atoms with E-state index in [1.54, 1.807) is 31.4 Å². The summed E-state index contributed by atoms with van der Waals surface area (Å²) in [6, 6.07) is 7.01. The molecule has 1 aromatic carbocycles. The Hall–Kier alpha value is -2.34. The number of anilines is 1. The van der Waals surface area contributed by atoms with Crippen LogP contribution in [-0.2, 0) is 4.74 Å². The zero-order chi connectivity index (χ0) is 15.5. The van der Waals surface area contributed by atoms with Crippen LogP contribution >= 0.6 is 0 Å². The number of fused-ring (bicyclic) bond motifs is 1. The lowest BCUT2D eigenvalue weighted by atomic mass is 10.1. The average molecular weight is 302 g/mol. The number of pyridine rings is 1. The van der Waals surface area contributed by atoms with E-state index in [9.17, 15) is 9.90 Å². The predicted octanol–water partition coefficient (Wildman–Crippen LogP) is 2.53. The van der Waals surface area contributed by atoms with Gasteiger partial charge in [-0.25, -0.2) is 9.78 Å². The van der Waals surface area contributed by atoms with Crippen LogP contribution in [-0.4, -0.2) is 42.4 Å². The van der Waals surface area contributed by atoms with Crippen molar-refractivity contribution in [2.75, 3.05) is 25.6 Å². The zero-order valence-electron chi connectivity index (χ0n) is 12.3. The molecule has 1 atom stereocenters. The lowest BCUT2D eigenvalue weighted by Crippen LogP contribution is -2.20. The number of hydrogen-bond donors (Lipinski definition) is 2. The van der Waals surface area contributed by atoms with Gasteiger partial charge in [-0.15, -0.1) is 0 Å². The second-order valence-corrected chi connectivity index (χ2v) is 5.26. The molecular formula is C16H18N2O4. The minimum atomic E-state index is -1.000. The Morgan fingerprint density at radius 3 is 3.05 bits per heavy atom. The van der Waals surface area contributed by atoms with E-state index in [1.165, 1.54) is 0 Å². The number of nitrogens with one attached hydrogen (secondary N) is 1. The molecule has 0 spiro atoms. The van der Waals surface area contributed by atoms with Crippen LogP contribution in [0.25, 0.3) is 10.9 Å². The van der Waals surface area contributed by atoms with Gasteiger partial charge in [-0.3, -0.25) is 0 Å². The van der Waals surface area contributed by atoms with E-state index >= 15 is 0 Å². The molecule has 1 aliphatic heterocycles. The SMILES string of the molecule is COc1ccc2cc(C(=O)O)c(NCC3CCCO3)nc2c1. The number of hydrogen-bond acceptors (Lipinski definition) is 5. The summed E-state index contributed by atoms with van der Waals surface area (Å²) in [7, 11) is 1.59. The molecule has 116 valence electrons. The number of methoxy groups -OCH3 is 1. The topological polar surface area (TPSA) is 80.7 Å². The van der Waals surface area contributed by atoms with E-state index < -0.39 is 5.97 Å². The van der Waals surface area contributed by atoms with Crippen molar-refractivity contribution in [1.29, 1.82) is 0 Å². The number of carboxylic acid groups (broad SMARTS) is 1. The summed E-state index contributed by atoms with van der Waals surface area (Å²) >= 11 is 0. The van der Waals surface area contributed by atoms with E-state index in [1.807, 2.05) is 0 Å². The molecular weight excluding hydrogens is 284 g/mol. The number of ether oxygens (including phenoxy) is 2. The van der Waals surface area contributed by atoms with Gasteiger partial charge in [-0.1, -0.05) is 0 Å². The highest BCUT2D eigenvalue weighted by Gasteiger charge is 2.18. The zero-order valence-corrected chi connectivity index (χ0v) is 12.3. The van der Waals surface area contributed by atoms with Crippen LogP contribution in [0, 0.1) is 0 Å². The molecule has 2 heterocycles. The molecule has 0 radical (unpaired) electrons. The maximum atomic E-state index is 11.4. The monoisotopic (exact) mass is 302 g/mol. The van der Waals surface area contributed by atoms with Crippen molar-refractivity contribution >= 4 is 22.7 Å². The van der Waals surface area contributed by atoms with Crippen LogP contribution in [0.15, 0.2) is 24.3 Å². The highest BCUT2D eigenvalue weighted by Crippen LogP contribution is 2.25. The van der Waals surface area contributed by atoms with Crippen molar-refractivity contribution in [3.8, 4) is 5.75 Å². The van der Waals surface area contributed by atoms with Crippen LogP contribution < -0.4 is 10.1 Å². The molecule has 6 nitrogen and oxygen atoms in total. The van der Waals surface area contributed by atoms with E-state index in [2.05, 4.69) is 10.3 Å². The lowest BCUT2D eigenvalue weighted by molar-refractivity contribution is 0.0697. The van der Waals surface area contributed by atoms with E-state index in [0.29, 0.717) is 23.6 Å². The predicted molar refractivity (Wildman–Crippen MR) is 82.7 cm³/mol. The molecule has 0 aliphatic carbocycles. The van der Waals surface area contributed by atoms with Crippen LogP contribution in [0.1, 0.15) is 23.2 Å². The van der Waals surface area contributed by atoms with Gasteiger partial charge in [0, 0.05) is 24.6 Å². The van der Waals surface area contributed by atoms with E-state index in [-0.39, 0.29) is 11.7 Å². The average Bonchev–Trinajstić information content (AvgIpc) is 3.04. The van der Waals surface area contributed by atoms with Crippen molar-refractivity contribution in [2.45, 2.75) is 18.9 Å². The summed E-state index contributed by atoms with van der Waals surface area (Å²) in [5, 5.41) is 13.3. The Kier molecular flexibility index (Phi) is 4.11. The van der Waals surface area contributed by atoms with Crippen molar-refractivity contribution in [3.63, 3.8) is 0 Å². The molecule has 2 N–H and O–H groups in total. The summed E-state index contributed by atoms with van der Waals surface area (Å²) in [5.74, 6) is 0.0527. The molecule has 1 aliphatic rings. The van der Waals surface area contributed by atoms with Gasteiger partial charge >= 0.3 is 5.97 Å². The summed E-state index contributed by atoms with van der Waals surface area (Å²) in [6.45, 7) is 1.32. The molecule has 6 heteroatoms. The Labute approximate surface area is 128 Å². The molecule has 1 aromatic heterocycles. The standard InChI is InChI=1S/C16H18N2O4/c1-21-11-5-4-10-7-13(16(19)20)15(18-14(10)8-11)17-9-12-3-2-6-22-12/h4-5,7-8,12H,2-3,6,9H2,1H3,(H,17,18)(H,19,20). The van der Waals surface area contributed by atoms with Crippen LogP contribution in [0.3, 0.4) is 0 Å². The molecule has 0 amide bonds. The van der Waals surface area contributed by atoms with Crippen LogP contribution in [0.2, 0.25) is 0 Å². The summed E-state index contributed by atoms with van der Waals surface area (Å²) in [6.07, 6.45) is 2.14. The summed E-state index contributed by atoms with van der Waals surface area (Å²) in [4.78, 5) is 15.9. The third kappa shape index (κ3) is 2.96. The number of aromatic carboxylic acids is 1. The Morgan fingerprint density at radius 2 is 2.36 bits per heavy atom. The Balaban J connectivity index is 1.93. The minimum absolute atomic E-state index is 0.115. The first-order chi connectivity index (χ1) is 10.7. The molecule has 0 saturated carbocycles. The van der Waals surface area contributed by atoms with Crippen molar-refractivity contribution in [2.24, 2.45) is 0 Å². The molecule has 3 rings (SSSR count). The van der Waals surface area contributed by atoms with Gasteiger partial charge in [-0.2, -0.15) is 0 Å². The first-order valence-electron chi connectivity index (χ1n) is 7.25. The molecule has 1 saturated heterocycles. The van der Waals surface area contributed by atoms with Crippen LogP contribution in [0.4, 0.5) is 5.82 Å². The Bertz CT molecular complexity index is 696. The Morgan fingerprint density at radius 1 is 1.50 bits per heavy atom. The fourth-order valence-electron chi connectivity index (χ4n) is 2.59. The molecule has 0 bridgehead atoms. The number of nitrogens with zero attached hydrogens (tertiary/aromatic N) is 1. The third-order valence-corrected chi connectivity index (χ3v) is 3.78. The smallest absolute Gasteiger partial charge is 0.339 e. The largest absolute Gasteiger partial charge is 0.497 e. The van der Waals surface area contributed by atoms with E-state index in [0.717, 1.165) is 24.8 Å². The highest BCUT2D eigenvalue weighted by molar-refractivity contribution is 5.98. The van der Waals surface area contributed by atoms with Crippen molar-refractivity contribution < 1.29 is 19.4 Å². The maximum Gasteiger partial charge on any atom is 0.339 e. The quantitative estimate of drug-likeness (QED) is 0.883. The first kappa shape index (κ1) is 14.6. The van der Waals surface area contributed by atoms with Gasteiger partial charge in [0.25, 0.3) is 0 Å². The van der Waals surface area contributed by atoms with Gasteiger partial charge in [-0.05, 0) is 31.0 Å². The fraction of sp³-hybridized carbons (Fsp3) is 0.375. The van der Waals surface area contributed by atoms with Gasteiger partial charge in [0.15, 0.2) is 0 Å². The summed E-state index contributed by atoms with van der Waals surface area (Å²) in [5.41, 5.74) is 0.856. The molecule has 2 aromatic rings. The molecule has 1 unspecified atom stereocenters. The van der Waals surface area contributed by atoms with Gasteiger partial charge < -0.3 is 19.9 Å².